The fourth-order valence-electron chi connectivity index (χ4n) is 11.0. The van der Waals surface area contributed by atoms with Gasteiger partial charge in [-0.15, -0.1) is 24.8 Å². The van der Waals surface area contributed by atoms with Crippen molar-refractivity contribution in [3.05, 3.63) is 214 Å². The van der Waals surface area contributed by atoms with Gasteiger partial charge >= 0.3 is 11.9 Å². The Kier molecular flexibility index (Phi) is 22.5. The highest BCUT2D eigenvalue weighted by atomic mass is 35.5. The number of piperidine rings is 2. The van der Waals surface area contributed by atoms with Crippen LogP contribution < -0.4 is 0 Å². The Morgan fingerprint density at radius 2 is 0.684 bits per heavy atom. The maximum absolute atomic E-state index is 12.1. The van der Waals surface area contributed by atoms with Gasteiger partial charge in [-0.3, -0.25) is 9.59 Å². The van der Waals surface area contributed by atoms with Crippen LogP contribution in [0.2, 0.25) is 0 Å². The smallest absolute Gasteiger partial charge is 0.313 e. The van der Waals surface area contributed by atoms with Crippen LogP contribution in [0.1, 0.15) is 136 Å². The molecule has 6 aromatic rings. The highest BCUT2D eigenvalue weighted by Gasteiger charge is 2.43. The number of hydrogen-bond acceptors (Lipinski definition) is 8. The average molecular weight is 1080 g/mol. The Hall–Kier alpha value is -5.40. The number of rotatable bonds is 20. The molecule has 2 unspecified atom stereocenters. The number of carboxylic acids is 2. The highest BCUT2D eigenvalue weighted by Crippen LogP contribution is 2.44. The highest BCUT2D eigenvalue weighted by molar-refractivity contribution is 5.85. The van der Waals surface area contributed by atoms with Gasteiger partial charge in [0.15, 0.2) is 0 Å². The molecule has 2 heterocycles. The lowest BCUT2D eigenvalue weighted by Crippen LogP contribution is -2.44. The van der Waals surface area contributed by atoms with Crippen LogP contribution >= 0.6 is 24.8 Å². The normalized spacial score (nSPS) is 16.0. The largest absolute Gasteiger partial charge is 0.481 e. The molecular weight excluding hydrogens is 996 g/mol. The first-order chi connectivity index (χ1) is 35.4. The lowest BCUT2D eigenvalue weighted by atomic mass is 9.72. The molecule has 2 atom stereocenters. The molecule has 76 heavy (non-hydrogen) atoms. The zero-order valence-electron chi connectivity index (χ0n) is 44.6. The Morgan fingerprint density at radius 1 is 0.434 bits per heavy atom. The second-order valence-corrected chi connectivity index (χ2v) is 21.6. The monoisotopic (exact) mass is 1070 g/mol. The van der Waals surface area contributed by atoms with Gasteiger partial charge in [0.2, 0.25) is 0 Å². The number of halogens is 2. The van der Waals surface area contributed by atoms with Crippen LogP contribution in [-0.2, 0) is 31.6 Å². The van der Waals surface area contributed by atoms with E-state index in [0.717, 1.165) is 122 Å². The van der Waals surface area contributed by atoms with Gasteiger partial charge in [-0.2, -0.15) is 0 Å². The van der Waals surface area contributed by atoms with Crippen LogP contribution in [0.5, 0.6) is 0 Å². The molecule has 2 aliphatic heterocycles. The van der Waals surface area contributed by atoms with Crippen molar-refractivity contribution in [1.29, 1.82) is 0 Å². The minimum absolute atomic E-state index is 0. The van der Waals surface area contributed by atoms with Gasteiger partial charge < -0.3 is 40.4 Å². The minimum atomic E-state index is -1.01. The Balaban J connectivity index is 0.000000274. The third kappa shape index (κ3) is 14.6. The molecule has 2 saturated heterocycles. The molecule has 10 nitrogen and oxygen atoms in total. The minimum Gasteiger partial charge on any atom is -0.481 e. The number of nitrogens with zero attached hydrogens (tertiary/aromatic N) is 2. The molecule has 0 bridgehead atoms. The molecule has 408 valence electrons. The van der Waals surface area contributed by atoms with E-state index in [4.69, 9.17) is 0 Å². The number of hydrogen-bond donors (Lipinski definition) is 6. The molecule has 6 aromatic carbocycles. The number of carboxylic acid groups (broad SMARTS) is 2. The van der Waals surface area contributed by atoms with Crippen LogP contribution in [0.3, 0.4) is 0 Å². The summed E-state index contributed by atoms with van der Waals surface area (Å²) in [5, 5.41) is 64.3. The second kappa shape index (κ2) is 27.8. The van der Waals surface area contributed by atoms with Crippen molar-refractivity contribution in [2.24, 2.45) is 11.8 Å². The molecule has 0 radical (unpaired) electrons. The van der Waals surface area contributed by atoms with Gasteiger partial charge in [0, 0.05) is 0 Å². The van der Waals surface area contributed by atoms with E-state index >= 15 is 0 Å². The van der Waals surface area contributed by atoms with Gasteiger partial charge in [0.05, 0.1) is 23.0 Å². The molecule has 0 aromatic heterocycles. The second-order valence-electron chi connectivity index (χ2n) is 21.6. The summed E-state index contributed by atoms with van der Waals surface area (Å²) in [7, 11) is 0. The van der Waals surface area contributed by atoms with E-state index in [1.54, 1.807) is 52.0 Å². The third-order valence-electron chi connectivity index (χ3n) is 16.2. The summed E-state index contributed by atoms with van der Waals surface area (Å²) in [4.78, 5) is 27.8. The molecule has 8 rings (SSSR count). The van der Waals surface area contributed by atoms with Gasteiger partial charge in [-0.05, 0) is 175 Å². The predicted molar refractivity (Wildman–Crippen MR) is 307 cm³/mol. The van der Waals surface area contributed by atoms with Crippen LogP contribution in [-0.4, -0.2) is 91.6 Å². The average Bonchev–Trinajstić information content (AvgIpc) is 3.44. The molecule has 12 heteroatoms. The molecule has 0 spiro atoms. The van der Waals surface area contributed by atoms with Crippen molar-refractivity contribution in [3.63, 3.8) is 0 Å². The Morgan fingerprint density at radius 3 is 0.921 bits per heavy atom. The quantitative estimate of drug-likeness (QED) is 0.0434. The Bertz CT molecular complexity index is 2390. The molecular formula is C64H80Cl2N2O8. The van der Waals surface area contributed by atoms with Crippen molar-refractivity contribution < 1.29 is 40.2 Å². The summed E-state index contributed by atoms with van der Waals surface area (Å²) in [5.41, 5.74) is 2.94. The summed E-state index contributed by atoms with van der Waals surface area (Å²) in [6.07, 6.45) is 5.53. The maximum atomic E-state index is 12.1. The number of carbonyl (C=O) groups is 2. The first-order valence-electron chi connectivity index (χ1n) is 26.6. The van der Waals surface area contributed by atoms with Gasteiger partial charge in [0.25, 0.3) is 0 Å². The van der Waals surface area contributed by atoms with E-state index < -0.39 is 46.2 Å². The summed E-state index contributed by atoms with van der Waals surface area (Å²) >= 11 is 0. The SMILES string of the molecule is CC(C)(C(=O)O)c1ccc(C(O)CCCN2CCC(C(O)(c3ccccc3)c3ccccc3)CC2)cc1.CC(C)(C(=O)O)c1ccc(C(O)CCCN2CCC(C(O)(c3ccccc3)c3ccccc3)CC2)cc1.Cl.Cl. The van der Waals surface area contributed by atoms with Crippen molar-refractivity contribution in [2.45, 2.75) is 113 Å². The topological polar surface area (TPSA) is 162 Å². The number of aliphatic hydroxyl groups is 4. The van der Waals surface area contributed by atoms with Crippen LogP contribution in [0.15, 0.2) is 170 Å². The van der Waals surface area contributed by atoms with Gasteiger partial charge in [-0.1, -0.05) is 170 Å². The molecule has 2 fully saturated rings. The predicted octanol–water partition coefficient (Wildman–Crippen LogP) is 11.9. The maximum Gasteiger partial charge on any atom is 0.313 e. The fourth-order valence-corrected chi connectivity index (χ4v) is 11.0. The van der Waals surface area contributed by atoms with E-state index in [9.17, 15) is 40.2 Å². The molecule has 0 amide bonds. The zero-order valence-corrected chi connectivity index (χ0v) is 46.2. The zero-order chi connectivity index (χ0) is 52.9. The first-order valence-corrected chi connectivity index (χ1v) is 26.6. The third-order valence-corrected chi connectivity index (χ3v) is 16.2. The molecule has 6 N–H and O–H groups in total. The van der Waals surface area contributed by atoms with Gasteiger partial charge in [0.1, 0.15) is 11.2 Å². The first kappa shape index (κ1) is 61.5. The molecule has 0 aliphatic carbocycles. The summed E-state index contributed by atoms with van der Waals surface area (Å²) in [6.45, 7) is 12.2. The van der Waals surface area contributed by atoms with E-state index in [2.05, 4.69) is 9.80 Å². The number of aliphatic carboxylic acids is 2. The standard InChI is InChI=1S/2C32H39NO4.2ClH/c2*1-31(2,30(35)36)25-17-15-24(16-18-25)29(34)14-9-21-33-22-19-28(20-23-33)32(37,26-10-5-3-6-11-26)27-12-7-4-8-13-27;;/h2*3-8,10-13,15-18,28-29,34,37H,9,14,19-23H2,1-2H3,(H,35,36);2*1H. The number of benzene rings is 6. The van der Waals surface area contributed by atoms with Crippen molar-refractivity contribution in [1.82, 2.24) is 9.80 Å². The van der Waals surface area contributed by atoms with E-state index in [1.165, 1.54) is 0 Å². The van der Waals surface area contributed by atoms with Crippen LogP contribution in [0.4, 0.5) is 0 Å². The van der Waals surface area contributed by atoms with Gasteiger partial charge in [-0.25, -0.2) is 0 Å². The number of aliphatic hydroxyl groups excluding tert-OH is 2. The summed E-state index contributed by atoms with van der Waals surface area (Å²) in [6, 6.07) is 54.6. The lowest BCUT2D eigenvalue weighted by Gasteiger charge is -2.42. The number of likely N-dealkylation sites (tertiary alicyclic amines) is 2. The van der Waals surface area contributed by atoms with Crippen LogP contribution in [0.25, 0.3) is 0 Å². The molecule has 2 aliphatic rings. The van der Waals surface area contributed by atoms with E-state index in [1.807, 2.05) is 146 Å². The Labute approximate surface area is 463 Å². The summed E-state index contributed by atoms with van der Waals surface area (Å²) < 4.78 is 0. The van der Waals surface area contributed by atoms with Crippen molar-refractivity contribution >= 4 is 36.8 Å². The fraction of sp³-hybridized carbons (Fsp3) is 0.406. The van der Waals surface area contributed by atoms with Crippen LogP contribution in [0, 0.1) is 11.8 Å². The molecule has 0 saturated carbocycles. The van der Waals surface area contributed by atoms with Crippen molar-refractivity contribution in [2.75, 3.05) is 39.3 Å². The van der Waals surface area contributed by atoms with E-state index in [0.29, 0.717) is 12.8 Å². The van der Waals surface area contributed by atoms with E-state index in [-0.39, 0.29) is 36.6 Å². The summed E-state index contributed by atoms with van der Waals surface area (Å²) in [5.74, 6) is -1.47. The lowest BCUT2D eigenvalue weighted by molar-refractivity contribution is -0.143. The van der Waals surface area contributed by atoms with Crippen molar-refractivity contribution in [3.8, 4) is 0 Å².